The molecule has 0 saturated heterocycles. The van der Waals surface area contributed by atoms with Crippen LogP contribution in [0, 0.1) is 32.6 Å². The lowest BCUT2D eigenvalue weighted by Crippen LogP contribution is -2.31. The SMILES string of the molecule is CC.CC.CC.CC(=O)c1c(C)cc(C)cc1C.CC(C)=O.CCCC(C)C.CCCC(CCC)NCC1=CN=CCCC1C.CCc1ccccc1. The van der Waals surface area contributed by atoms with Gasteiger partial charge in [0.15, 0.2) is 5.78 Å². The van der Waals surface area contributed by atoms with Gasteiger partial charge in [-0.15, -0.1) is 0 Å². The molecule has 4 nitrogen and oxygen atoms in total. The molecule has 3 rings (SSSR count). The number of aryl methyl sites for hydroxylation is 4. The summed E-state index contributed by atoms with van der Waals surface area (Å²) < 4.78 is 0. The average Bonchev–Trinajstić information content (AvgIpc) is 3.33. The van der Waals surface area contributed by atoms with E-state index < -0.39 is 0 Å². The Labute approximate surface area is 332 Å². The van der Waals surface area contributed by atoms with E-state index in [2.05, 4.69) is 89.2 Å². The average molecular weight is 739 g/mol. The Balaban J connectivity index is -0.000000187. The van der Waals surface area contributed by atoms with Crippen molar-refractivity contribution < 1.29 is 9.59 Å². The second-order valence-electron chi connectivity index (χ2n) is 13.4. The van der Waals surface area contributed by atoms with Crippen LogP contribution in [0.1, 0.15) is 195 Å². The lowest BCUT2D eigenvalue weighted by molar-refractivity contribution is -0.115. The van der Waals surface area contributed by atoms with Crippen LogP contribution in [0.25, 0.3) is 0 Å². The van der Waals surface area contributed by atoms with E-state index in [9.17, 15) is 9.59 Å². The number of hydrogen-bond donors (Lipinski definition) is 1. The van der Waals surface area contributed by atoms with E-state index >= 15 is 0 Å². The summed E-state index contributed by atoms with van der Waals surface area (Å²) >= 11 is 0. The number of rotatable bonds is 11. The van der Waals surface area contributed by atoms with Crippen LogP contribution >= 0.6 is 0 Å². The Kier molecular flexibility index (Phi) is 48.8. The number of benzene rings is 2. The molecule has 0 aliphatic carbocycles. The molecule has 308 valence electrons. The minimum absolute atomic E-state index is 0.157. The minimum atomic E-state index is 0.157. The molecule has 1 aliphatic heterocycles. The number of nitrogens with zero attached hydrogens (tertiary/aromatic N) is 1. The van der Waals surface area contributed by atoms with Gasteiger partial charge in [-0.25, -0.2) is 0 Å². The van der Waals surface area contributed by atoms with E-state index in [1.54, 1.807) is 6.92 Å². The van der Waals surface area contributed by atoms with Gasteiger partial charge < -0.3 is 10.1 Å². The Morgan fingerprint density at radius 3 is 1.57 bits per heavy atom. The van der Waals surface area contributed by atoms with E-state index in [1.807, 2.05) is 86.7 Å². The van der Waals surface area contributed by atoms with Crippen LogP contribution in [0.4, 0.5) is 0 Å². The highest BCUT2D eigenvalue weighted by molar-refractivity contribution is 5.97. The monoisotopic (exact) mass is 739 g/mol. The van der Waals surface area contributed by atoms with Gasteiger partial charge in [-0.1, -0.05) is 164 Å². The maximum absolute atomic E-state index is 11.2. The second kappa shape index (κ2) is 43.6. The van der Waals surface area contributed by atoms with Crippen molar-refractivity contribution in [2.24, 2.45) is 16.8 Å². The predicted octanol–water partition coefficient (Wildman–Crippen LogP) is 15.1. The first kappa shape index (κ1) is 59.4. The number of hydrogen-bond acceptors (Lipinski definition) is 4. The summed E-state index contributed by atoms with van der Waals surface area (Å²) in [5.41, 5.74) is 7.14. The quantitative estimate of drug-likeness (QED) is 0.234. The summed E-state index contributed by atoms with van der Waals surface area (Å²) in [6.07, 6.45) is 15.4. The summed E-state index contributed by atoms with van der Waals surface area (Å²) in [5, 5.41) is 3.71. The minimum Gasteiger partial charge on any atom is -0.310 e. The molecule has 53 heavy (non-hydrogen) atoms. The highest BCUT2D eigenvalue weighted by atomic mass is 16.1. The molecule has 0 saturated carbocycles. The molecule has 0 amide bonds. The Bertz CT molecular complexity index is 1120. The van der Waals surface area contributed by atoms with E-state index in [0.717, 1.165) is 42.0 Å². The second-order valence-corrected chi connectivity index (χ2v) is 13.4. The normalized spacial score (nSPS) is 12.2. The van der Waals surface area contributed by atoms with Gasteiger partial charge >= 0.3 is 0 Å². The van der Waals surface area contributed by atoms with Gasteiger partial charge in [0.05, 0.1) is 0 Å². The number of aliphatic imine (C=N–C) groups is 1. The van der Waals surface area contributed by atoms with Crippen molar-refractivity contribution in [1.29, 1.82) is 0 Å². The topological polar surface area (TPSA) is 58.5 Å². The largest absolute Gasteiger partial charge is 0.310 e. The van der Waals surface area contributed by atoms with Gasteiger partial charge in [-0.05, 0) is 108 Å². The van der Waals surface area contributed by atoms with Crippen LogP contribution < -0.4 is 5.32 Å². The van der Waals surface area contributed by atoms with Crippen LogP contribution in [0.5, 0.6) is 0 Å². The van der Waals surface area contributed by atoms with Crippen molar-refractivity contribution in [3.05, 3.63) is 82.1 Å². The van der Waals surface area contributed by atoms with Gasteiger partial charge in [0.25, 0.3) is 0 Å². The van der Waals surface area contributed by atoms with Crippen molar-refractivity contribution >= 4 is 17.8 Å². The summed E-state index contributed by atoms with van der Waals surface area (Å²) in [4.78, 5) is 25.0. The van der Waals surface area contributed by atoms with E-state index in [0.29, 0.717) is 12.0 Å². The summed E-state index contributed by atoms with van der Waals surface area (Å²) in [6.45, 7) is 39.4. The summed E-state index contributed by atoms with van der Waals surface area (Å²) in [7, 11) is 0. The Hall–Kier alpha value is -2.85. The predicted molar refractivity (Wildman–Crippen MR) is 243 cm³/mol. The van der Waals surface area contributed by atoms with E-state index in [4.69, 9.17) is 0 Å². The number of carbonyl (C=O) groups excluding carboxylic acids is 2. The first-order valence-corrected chi connectivity index (χ1v) is 21.3. The Morgan fingerprint density at radius 2 is 1.23 bits per heavy atom. The van der Waals surface area contributed by atoms with Gasteiger partial charge in [-0.2, -0.15) is 0 Å². The zero-order valence-electron chi connectivity index (χ0n) is 38.8. The molecule has 0 radical (unpaired) electrons. The Morgan fingerprint density at radius 1 is 0.774 bits per heavy atom. The van der Waals surface area contributed by atoms with Gasteiger partial charge in [0.1, 0.15) is 5.78 Å². The molecule has 2 aromatic rings. The van der Waals surface area contributed by atoms with E-state index in [-0.39, 0.29) is 11.6 Å². The van der Waals surface area contributed by atoms with Crippen LogP contribution in [0.15, 0.2) is 59.2 Å². The third-order valence-corrected chi connectivity index (χ3v) is 7.72. The molecular formula is C49H90N2O2. The number of Topliss-reactive ketones (excluding diaryl/α,β-unsaturated/α-hetero) is 2. The fraction of sp³-hybridized carbons (Fsp3) is 0.653. The molecule has 1 heterocycles. The van der Waals surface area contributed by atoms with Crippen LogP contribution in [0.3, 0.4) is 0 Å². The molecule has 1 atom stereocenters. The van der Waals surface area contributed by atoms with Gasteiger partial charge in [-0.3, -0.25) is 9.79 Å². The van der Waals surface area contributed by atoms with Crippen molar-refractivity contribution in [2.45, 2.75) is 195 Å². The zero-order chi connectivity index (χ0) is 42.2. The first-order valence-electron chi connectivity index (χ1n) is 21.3. The molecule has 0 aromatic heterocycles. The highest BCUT2D eigenvalue weighted by Crippen LogP contribution is 2.19. The lowest BCUT2D eigenvalue weighted by atomic mass is 9.97. The van der Waals surface area contributed by atoms with Crippen molar-refractivity contribution in [3.63, 3.8) is 0 Å². The van der Waals surface area contributed by atoms with E-state index in [1.165, 1.54) is 75.5 Å². The molecule has 0 spiro atoms. The molecule has 0 bridgehead atoms. The van der Waals surface area contributed by atoms with Crippen molar-refractivity contribution in [3.8, 4) is 0 Å². The molecule has 1 N–H and O–H groups in total. The molecule has 1 aliphatic rings. The molecule has 1 unspecified atom stereocenters. The fourth-order valence-electron chi connectivity index (χ4n) is 5.41. The molecule has 2 aromatic carbocycles. The third kappa shape index (κ3) is 38.7. The number of carbonyl (C=O) groups is 2. The van der Waals surface area contributed by atoms with Gasteiger partial charge in [0.2, 0.25) is 0 Å². The highest BCUT2D eigenvalue weighted by Gasteiger charge is 2.13. The standard InChI is InChI=1S/C15H28N2.C11H14O.C8H10.C6H14.C3H6O.3C2H6/c1-4-7-15(8-5-2)17-12-14-11-16-10-6-9-13(14)3;1-7-5-8(2)11(10(4)12)9(3)6-7;1-2-8-6-4-3-5-7-8;1-4-5-6(2)3;1-3(2)4;3*1-2/h10-11,13,15,17H,4-9,12H2,1-3H3;5-6H,1-4H3;3-7H,2H2,1H3;6H,4-5H2,1-3H3;1-2H3;3*1-2H3. The maximum Gasteiger partial charge on any atom is 0.160 e. The van der Waals surface area contributed by atoms with Gasteiger partial charge in [0, 0.05) is 30.6 Å². The first-order chi connectivity index (χ1) is 25.2. The van der Waals surface area contributed by atoms with Crippen molar-refractivity contribution in [1.82, 2.24) is 5.32 Å². The maximum atomic E-state index is 11.2. The fourth-order valence-corrected chi connectivity index (χ4v) is 5.41. The smallest absolute Gasteiger partial charge is 0.160 e. The number of nitrogens with one attached hydrogen (secondary N) is 1. The summed E-state index contributed by atoms with van der Waals surface area (Å²) in [5.74, 6) is 1.90. The summed E-state index contributed by atoms with van der Waals surface area (Å²) in [6, 6.07) is 15.2. The van der Waals surface area contributed by atoms with Crippen molar-refractivity contribution in [2.75, 3.05) is 6.54 Å². The lowest BCUT2D eigenvalue weighted by Gasteiger charge is -2.20. The zero-order valence-corrected chi connectivity index (χ0v) is 38.8. The molecule has 4 heteroatoms. The number of ketones is 2. The van der Waals surface area contributed by atoms with Crippen LogP contribution in [0.2, 0.25) is 0 Å². The third-order valence-electron chi connectivity index (χ3n) is 7.72. The van der Waals surface area contributed by atoms with Crippen LogP contribution in [-0.4, -0.2) is 30.4 Å². The molecular weight excluding hydrogens is 649 g/mol. The van der Waals surface area contributed by atoms with Crippen LogP contribution in [-0.2, 0) is 11.2 Å². The molecule has 0 fully saturated rings.